The van der Waals surface area contributed by atoms with Crippen molar-refractivity contribution in [2.75, 3.05) is 155 Å². The molecule has 0 aliphatic heterocycles. The number of hydrogen-bond donors (Lipinski definition) is 13. The molecule has 5 amide bonds. The second kappa shape index (κ2) is 62.1. The van der Waals surface area contributed by atoms with E-state index in [1.807, 2.05) is 132 Å². The molecule has 99 heavy (non-hydrogen) atoms. The van der Waals surface area contributed by atoms with Crippen molar-refractivity contribution in [3.63, 3.8) is 0 Å². The number of phenolic OH excluding ortho intramolecular Hbond substituents is 1. The maximum atomic E-state index is 12.0. The van der Waals surface area contributed by atoms with Crippen molar-refractivity contribution in [3.8, 4) is 5.75 Å². The summed E-state index contributed by atoms with van der Waals surface area (Å²) in [5, 5.41) is 31.3. The molecule has 1 heterocycles. The van der Waals surface area contributed by atoms with E-state index in [0.717, 1.165) is 171 Å². The van der Waals surface area contributed by atoms with Crippen LogP contribution in [0, 0.1) is 5.92 Å². The van der Waals surface area contributed by atoms with E-state index in [-0.39, 0.29) is 70.4 Å². The molecule has 24 heteroatoms. The van der Waals surface area contributed by atoms with Gasteiger partial charge in [-0.1, -0.05) is 90.4 Å². The number of fused-ring (bicyclic) bond motifs is 1. The minimum atomic E-state index is 0. The summed E-state index contributed by atoms with van der Waals surface area (Å²) in [7, 11) is 18.6. The number of para-hydroxylation sites is 1. The van der Waals surface area contributed by atoms with Crippen LogP contribution in [0.3, 0.4) is 0 Å². The molecule has 0 radical (unpaired) electrons. The molecule has 4 aromatic rings. The summed E-state index contributed by atoms with van der Waals surface area (Å²) in [4.78, 5) is 81.5. The number of nitrogens with two attached hydrogens (primary N) is 4. The monoisotopic (exact) mass is 1410 g/mol. The smallest absolute Gasteiger partial charge is 0.222 e. The molecule has 3 aromatic carbocycles. The third-order valence-electron chi connectivity index (χ3n) is 15.5. The van der Waals surface area contributed by atoms with Crippen LogP contribution in [0.4, 0.5) is 5.69 Å². The lowest BCUT2D eigenvalue weighted by molar-refractivity contribution is -0.130. The van der Waals surface area contributed by atoms with Gasteiger partial charge in [-0.2, -0.15) is 0 Å². The van der Waals surface area contributed by atoms with E-state index in [1.54, 1.807) is 43.6 Å². The van der Waals surface area contributed by atoms with Gasteiger partial charge < -0.3 is 94.7 Å². The molecule has 4 rings (SSSR count). The Morgan fingerprint density at radius 1 is 0.485 bits per heavy atom. The Morgan fingerprint density at radius 2 is 0.838 bits per heavy atom. The minimum absolute atomic E-state index is 0. The number of anilines is 1. The van der Waals surface area contributed by atoms with Crippen LogP contribution in [-0.2, 0) is 48.0 Å². The van der Waals surface area contributed by atoms with Crippen LogP contribution in [-0.4, -0.2) is 219 Å². The number of aromatic hydroxyl groups is 1. The van der Waals surface area contributed by atoms with Crippen molar-refractivity contribution in [1.82, 2.24) is 66.7 Å². The normalized spacial score (nSPS) is 10.3. The number of unbranched alkanes of at least 4 members (excludes halogenated alkanes) is 3. The Labute approximate surface area is 606 Å². The van der Waals surface area contributed by atoms with Crippen LogP contribution in [0.2, 0.25) is 0 Å². The van der Waals surface area contributed by atoms with E-state index in [2.05, 4.69) is 74.1 Å². The number of likely N-dealkylation sites (N-methyl/N-ethyl adjacent to an activating group) is 10. The summed E-state index contributed by atoms with van der Waals surface area (Å²) in [6.07, 6.45) is 14.7. The molecular formula is C75H149N17O7. The zero-order valence-electron chi connectivity index (χ0n) is 61.4. The van der Waals surface area contributed by atoms with E-state index in [1.165, 1.54) is 10.9 Å². The number of phenols is 1. The highest BCUT2D eigenvalue weighted by Crippen LogP contribution is 2.19. The number of rotatable bonds is 42. The minimum Gasteiger partial charge on any atom is -0.508 e. The van der Waals surface area contributed by atoms with E-state index in [4.69, 9.17) is 28.0 Å². The number of amides is 5. The number of nitrogen functional groups attached to an aromatic ring is 1. The lowest BCUT2D eigenvalue weighted by atomic mass is 10.0. The van der Waals surface area contributed by atoms with Gasteiger partial charge in [0.15, 0.2) is 0 Å². The third kappa shape index (κ3) is 53.5. The van der Waals surface area contributed by atoms with Crippen LogP contribution < -0.4 is 60.2 Å². The molecule has 0 aliphatic rings. The quantitative estimate of drug-likeness (QED) is 0.0146. The first-order valence-corrected chi connectivity index (χ1v) is 34.1. The van der Waals surface area contributed by atoms with Crippen molar-refractivity contribution in [3.05, 3.63) is 133 Å². The second-order valence-corrected chi connectivity index (χ2v) is 24.1. The molecule has 0 saturated carbocycles. The molecule has 0 aliphatic carbocycles. The fourth-order valence-electron chi connectivity index (χ4n) is 8.72. The van der Waals surface area contributed by atoms with Gasteiger partial charge in [0.25, 0.3) is 0 Å². The lowest BCUT2D eigenvalue weighted by Gasteiger charge is -2.16. The summed E-state index contributed by atoms with van der Waals surface area (Å²) >= 11 is 0. The molecular weight excluding hydrogens is 1250 g/mol. The van der Waals surface area contributed by atoms with Gasteiger partial charge in [-0.25, -0.2) is 0 Å². The van der Waals surface area contributed by atoms with Gasteiger partial charge in [-0.05, 0) is 153 Å². The fourth-order valence-corrected chi connectivity index (χ4v) is 8.72. The predicted octanol–water partition coefficient (Wildman–Crippen LogP) is 8.36. The first-order valence-electron chi connectivity index (χ1n) is 34.1. The fraction of sp³-hybridized carbons (Fsp3) is 0.573. The Kier molecular flexibility index (Phi) is 61.0. The first kappa shape index (κ1) is 97.2. The number of carbonyl (C=O) groups is 6. The summed E-state index contributed by atoms with van der Waals surface area (Å²) < 4.78 is 0. The van der Waals surface area contributed by atoms with Crippen LogP contribution in [0.1, 0.15) is 137 Å². The Hall–Kier alpha value is -8.16. The molecule has 17 N–H and O–H groups in total. The van der Waals surface area contributed by atoms with E-state index >= 15 is 0 Å². The van der Waals surface area contributed by atoms with Crippen molar-refractivity contribution >= 4 is 51.9 Å². The summed E-state index contributed by atoms with van der Waals surface area (Å²) in [6, 6.07) is 22.8. The number of nitrogens with zero attached hydrogens (tertiary/aromatic N) is 5. The molecule has 1 atom stereocenters. The van der Waals surface area contributed by atoms with Gasteiger partial charge in [-0.3, -0.25) is 28.8 Å². The second-order valence-electron chi connectivity index (χ2n) is 24.1. The molecule has 1 unspecified atom stereocenters. The number of aromatic nitrogens is 1. The van der Waals surface area contributed by atoms with Gasteiger partial charge in [0.2, 0.25) is 29.5 Å². The van der Waals surface area contributed by atoms with E-state index in [9.17, 15) is 28.8 Å². The van der Waals surface area contributed by atoms with Crippen molar-refractivity contribution in [2.24, 2.45) is 23.1 Å². The van der Waals surface area contributed by atoms with Crippen LogP contribution in [0.5, 0.6) is 5.75 Å². The number of carbonyl (C=O) groups excluding carboxylic acids is 6. The number of aromatic amines is 1. The molecule has 576 valence electrons. The SMILES string of the molecule is C.C.C=C(N)CCCCCC(=O)N(C)CCNC.C=C(N)NCCCC(C)C(C)=O.C=C(N)NCCCCC(=O)N(C)CCNC.CNCCN(C)C(=O)CCc1c[nH]c2ccccc12.CNCCN(C)C(=O)CCc1ccc(N)cc1.CNCCN(C)C(=O)CCc1ccc(O)cc1.[2HH].[2HH].[2HH].[2HH].[2HH].[2HH]. The van der Waals surface area contributed by atoms with E-state index < -0.39 is 0 Å². The van der Waals surface area contributed by atoms with Gasteiger partial charge >= 0.3 is 0 Å². The number of benzene rings is 3. The molecule has 0 spiro atoms. The molecule has 0 saturated heterocycles. The number of ketones is 1. The molecule has 1 aromatic heterocycles. The maximum Gasteiger partial charge on any atom is 0.222 e. The number of allylic oxidation sites excluding steroid dienone is 1. The Bertz CT molecular complexity index is 2700. The van der Waals surface area contributed by atoms with Gasteiger partial charge in [0.1, 0.15) is 11.5 Å². The molecule has 0 fully saturated rings. The average molecular weight is 1410 g/mol. The van der Waals surface area contributed by atoms with Gasteiger partial charge in [-0.15, -0.1) is 0 Å². The lowest BCUT2D eigenvalue weighted by Crippen LogP contribution is -2.32. The highest BCUT2D eigenvalue weighted by Gasteiger charge is 2.13. The third-order valence-corrected chi connectivity index (χ3v) is 15.5. The zero-order valence-corrected chi connectivity index (χ0v) is 61.4. The largest absolute Gasteiger partial charge is 0.508 e. The predicted molar refractivity (Wildman–Crippen MR) is 428 cm³/mol. The standard InChI is InChI=1S/C15H21N3O.C13H21N3O.C13H20N2O2.C12H25N3O.C11H24N4O.C9H18N2O.2CH4.6H2/c1-16-9-10-18(2)15(19)8-7-12-11-17-14-6-4-3-5-13(12)14;1-15-9-10-16(2)13(17)8-5-11-3-6-12(14)7-4-11;1-14-9-10-15(2)13(17)8-5-11-3-6-12(16)7-4-11;1-11(13)7-5-4-6-8-12(16)15(3)10-9-14-2;1-10(12)14-7-5-4-6-11(16)15(3)9-8-13-2;1-7(8(2)12)5-4-6-11-9(3)10;;;;;;;;/h3-6,11,16-17H,7-10H2,1-2H3;3-4,6-7,15H,5,8-10,14H2,1-2H3;3-4,6-7,14,16H,5,8-10H2,1-2H3;14H,1,4-10,13H2,2-3H3;13-14H,1,4-9,12H2,2-3H3;7,11H,3-6,10H2,1-2H3;2*1H4;6*1H/i;;;;;;;;6*1+1. The number of nitrogens with one attached hydrogen (secondary N) is 8. The highest BCUT2D eigenvalue weighted by molar-refractivity contribution is 5.84. The molecule has 0 bridgehead atoms. The number of H-pyrrole nitrogens is 1. The molecule has 24 nitrogen and oxygen atoms in total. The number of aryl methyl sites for hydroxylation is 3. The number of Topliss-reactive ketones (excluding diaryl/α,β-unsaturated/α-hetero) is 1. The summed E-state index contributed by atoms with van der Waals surface area (Å²) in [5.74, 6) is 2.59. The van der Waals surface area contributed by atoms with Gasteiger partial charge in [0, 0.05) is 189 Å². The van der Waals surface area contributed by atoms with Crippen molar-refractivity contribution < 1.29 is 42.4 Å². The van der Waals surface area contributed by atoms with Crippen molar-refractivity contribution in [1.29, 1.82) is 0 Å². The summed E-state index contributed by atoms with van der Waals surface area (Å²) in [6.45, 7) is 23.7. The van der Waals surface area contributed by atoms with E-state index in [0.29, 0.717) is 50.2 Å². The first-order chi connectivity index (χ1) is 46.2. The van der Waals surface area contributed by atoms with Crippen LogP contribution in [0.15, 0.2) is 116 Å². The Balaban J connectivity index is -0.000000128. The topological polar surface area (TPSA) is 343 Å². The number of hydrogen-bond acceptors (Lipinski definition) is 18. The van der Waals surface area contributed by atoms with Crippen LogP contribution >= 0.6 is 0 Å². The highest BCUT2D eigenvalue weighted by atomic mass is 16.3. The average Bonchev–Trinajstić information content (AvgIpc) is 1.70. The van der Waals surface area contributed by atoms with Crippen LogP contribution in [0.25, 0.3) is 10.9 Å². The maximum absolute atomic E-state index is 12.0. The van der Waals surface area contributed by atoms with Crippen molar-refractivity contribution in [2.45, 2.75) is 131 Å². The zero-order chi connectivity index (χ0) is 73.3. The summed E-state index contributed by atoms with van der Waals surface area (Å²) in [5.41, 5.74) is 27.8. The van der Waals surface area contributed by atoms with Gasteiger partial charge in [0.05, 0.1) is 11.6 Å². The Morgan fingerprint density at radius 3 is 1.22 bits per heavy atom.